The summed E-state index contributed by atoms with van der Waals surface area (Å²) in [5.74, 6) is -1.06. The molecule has 0 aliphatic rings. The Hall–Kier alpha value is -2.64. The zero-order chi connectivity index (χ0) is 22.3. The van der Waals surface area contributed by atoms with Crippen molar-refractivity contribution in [2.75, 3.05) is 33.4 Å². The molecule has 1 heterocycles. The molecule has 0 saturated carbocycles. The Bertz CT molecular complexity index is 905. The monoisotopic (exact) mass is 434 g/mol. The number of halogens is 1. The summed E-state index contributed by atoms with van der Waals surface area (Å²) in [7, 11) is 1.28. The summed E-state index contributed by atoms with van der Waals surface area (Å²) >= 11 is 5.92. The highest BCUT2D eigenvalue weighted by atomic mass is 35.5. The van der Waals surface area contributed by atoms with E-state index in [9.17, 15) is 14.4 Å². The van der Waals surface area contributed by atoms with Crippen LogP contribution in [0.2, 0.25) is 5.02 Å². The maximum atomic E-state index is 13.1. The van der Waals surface area contributed by atoms with Crippen LogP contribution in [0.15, 0.2) is 24.3 Å². The first kappa shape index (κ1) is 23.6. The number of aromatic amines is 1. The van der Waals surface area contributed by atoms with Crippen LogP contribution < -0.4 is 0 Å². The van der Waals surface area contributed by atoms with Gasteiger partial charge in [-0.05, 0) is 57.0 Å². The van der Waals surface area contributed by atoms with Gasteiger partial charge in [0.05, 0.1) is 13.7 Å². The fraction of sp³-hybridized carbons (Fsp3) is 0.409. The van der Waals surface area contributed by atoms with Gasteiger partial charge in [-0.2, -0.15) is 0 Å². The van der Waals surface area contributed by atoms with Crippen molar-refractivity contribution < 1.29 is 23.9 Å². The summed E-state index contributed by atoms with van der Waals surface area (Å²) in [4.78, 5) is 42.4. The van der Waals surface area contributed by atoms with E-state index >= 15 is 0 Å². The van der Waals surface area contributed by atoms with Gasteiger partial charge in [0.15, 0.2) is 5.78 Å². The minimum atomic E-state index is -0.541. The van der Waals surface area contributed by atoms with Crippen LogP contribution in [0, 0.1) is 13.8 Å². The molecule has 1 aromatic heterocycles. The van der Waals surface area contributed by atoms with Crippen molar-refractivity contribution in [3.8, 4) is 0 Å². The number of nitrogens with zero attached hydrogens (tertiary/aromatic N) is 1. The molecule has 30 heavy (non-hydrogen) atoms. The fourth-order valence-corrected chi connectivity index (χ4v) is 3.38. The first-order valence-corrected chi connectivity index (χ1v) is 10.1. The van der Waals surface area contributed by atoms with Crippen molar-refractivity contribution in [1.29, 1.82) is 0 Å². The lowest BCUT2D eigenvalue weighted by atomic mass is 10.0. The largest absolute Gasteiger partial charge is 0.464 e. The normalized spacial score (nSPS) is 10.7. The van der Waals surface area contributed by atoms with Gasteiger partial charge in [0.1, 0.15) is 5.69 Å². The lowest BCUT2D eigenvalue weighted by Crippen LogP contribution is -2.37. The quantitative estimate of drug-likeness (QED) is 0.349. The second-order valence-electron chi connectivity index (χ2n) is 6.82. The van der Waals surface area contributed by atoms with Gasteiger partial charge in [-0.15, -0.1) is 0 Å². The molecule has 0 saturated heterocycles. The predicted molar refractivity (Wildman–Crippen MR) is 114 cm³/mol. The Balaban J connectivity index is 2.25. The number of aromatic nitrogens is 1. The van der Waals surface area contributed by atoms with Crippen LogP contribution in [-0.4, -0.2) is 61.0 Å². The predicted octanol–water partition coefficient (Wildman–Crippen LogP) is 3.82. The number of hydrogen-bond acceptors (Lipinski definition) is 5. The van der Waals surface area contributed by atoms with E-state index in [4.69, 9.17) is 21.1 Å². The number of amides is 1. The third-order valence-electron chi connectivity index (χ3n) is 4.74. The van der Waals surface area contributed by atoms with E-state index in [0.29, 0.717) is 53.6 Å². The molecule has 0 bridgehead atoms. The highest BCUT2D eigenvalue weighted by molar-refractivity contribution is 6.30. The Kier molecular flexibility index (Phi) is 8.62. The van der Waals surface area contributed by atoms with E-state index in [2.05, 4.69) is 4.98 Å². The number of rotatable bonds is 10. The number of esters is 1. The third kappa shape index (κ3) is 5.70. The topological polar surface area (TPSA) is 88.7 Å². The van der Waals surface area contributed by atoms with Crippen molar-refractivity contribution >= 4 is 29.3 Å². The molecule has 162 valence electrons. The van der Waals surface area contributed by atoms with Crippen molar-refractivity contribution in [3.63, 3.8) is 0 Å². The molecule has 1 N–H and O–H groups in total. The Morgan fingerprint density at radius 2 is 1.80 bits per heavy atom. The Labute approximate surface area is 181 Å². The van der Waals surface area contributed by atoms with E-state index in [1.165, 1.54) is 12.0 Å². The third-order valence-corrected chi connectivity index (χ3v) is 4.99. The molecule has 0 aliphatic heterocycles. The van der Waals surface area contributed by atoms with Crippen LogP contribution in [-0.2, 0) is 9.47 Å². The van der Waals surface area contributed by atoms with Crippen molar-refractivity contribution in [2.24, 2.45) is 0 Å². The van der Waals surface area contributed by atoms with E-state index in [-0.39, 0.29) is 23.9 Å². The number of methoxy groups -OCH3 is 1. The first-order valence-electron chi connectivity index (χ1n) is 9.73. The van der Waals surface area contributed by atoms with Gasteiger partial charge in [0.25, 0.3) is 5.91 Å². The van der Waals surface area contributed by atoms with E-state index in [0.717, 1.165) is 0 Å². The van der Waals surface area contributed by atoms with E-state index in [1.54, 1.807) is 38.1 Å². The van der Waals surface area contributed by atoms with E-state index < -0.39 is 5.97 Å². The number of hydrogen-bond donors (Lipinski definition) is 1. The van der Waals surface area contributed by atoms with Crippen molar-refractivity contribution in [2.45, 2.75) is 27.2 Å². The average Bonchev–Trinajstić information content (AvgIpc) is 3.03. The summed E-state index contributed by atoms with van der Waals surface area (Å²) in [5, 5.41) is 0.527. The summed E-state index contributed by atoms with van der Waals surface area (Å²) in [6, 6.07) is 6.54. The molecule has 8 heteroatoms. The number of aryl methyl sites for hydroxylation is 1. The minimum Gasteiger partial charge on any atom is -0.464 e. The number of nitrogens with one attached hydrogen (secondary N) is 1. The Morgan fingerprint density at radius 1 is 1.13 bits per heavy atom. The van der Waals surface area contributed by atoms with Gasteiger partial charge in [0, 0.05) is 41.6 Å². The van der Waals surface area contributed by atoms with Crippen molar-refractivity contribution in [3.05, 3.63) is 57.4 Å². The summed E-state index contributed by atoms with van der Waals surface area (Å²) in [6.07, 6.45) is 0.596. The maximum absolute atomic E-state index is 13.1. The van der Waals surface area contributed by atoms with Crippen molar-refractivity contribution in [1.82, 2.24) is 9.88 Å². The Morgan fingerprint density at radius 3 is 2.40 bits per heavy atom. The van der Waals surface area contributed by atoms with Crippen LogP contribution in [0.3, 0.4) is 0 Å². The van der Waals surface area contributed by atoms with Gasteiger partial charge < -0.3 is 19.4 Å². The molecule has 0 fully saturated rings. The fourth-order valence-electron chi connectivity index (χ4n) is 3.26. The lowest BCUT2D eigenvalue weighted by Gasteiger charge is -2.22. The van der Waals surface area contributed by atoms with E-state index in [1.807, 2.05) is 6.92 Å². The zero-order valence-electron chi connectivity index (χ0n) is 17.7. The van der Waals surface area contributed by atoms with Crippen LogP contribution in [0.5, 0.6) is 0 Å². The summed E-state index contributed by atoms with van der Waals surface area (Å²) in [6.45, 7) is 6.62. The number of benzene rings is 1. The number of H-pyrrole nitrogens is 1. The van der Waals surface area contributed by atoms with Crippen LogP contribution in [0.4, 0.5) is 0 Å². The summed E-state index contributed by atoms with van der Waals surface area (Å²) < 4.78 is 10.1. The standard InChI is InChI=1S/C22H27ClN2O5/c1-5-30-12-6-11-25(21(27)16-7-9-17(23)10-8-16)13-18(26)19-14(2)20(22(28)29-4)24-15(19)3/h7-10,24H,5-6,11-13H2,1-4H3. The second-order valence-corrected chi connectivity index (χ2v) is 7.26. The smallest absolute Gasteiger partial charge is 0.354 e. The molecule has 0 unspecified atom stereocenters. The first-order chi connectivity index (χ1) is 14.3. The van der Waals surface area contributed by atoms with Crippen LogP contribution in [0.1, 0.15) is 55.8 Å². The average molecular weight is 435 g/mol. The number of ether oxygens (including phenoxy) is 2. The van der Waals surface area contributed by atoms with Gasteiger partial charge in [-0.25, -0.2) is 4.79 Å². The molecule has 0 atom stereocenters. The molecule has 0 radical (unpaired) electrons. The lowest BCUT2D eigenvalue weighted by molar-refractivity contribution is 0.0593. The van der Waals surface area contributed by atoms with Crippen LogP contribution >= 0.6 is 11.6 Å². The highest BCUT2D eigenvalue weighted by Gasteiger charge is 2.25. The zero-order valence-corrected chi connectivity index (χ0v) is 18.5. The molecule has 2 rings (SSSR count). The number of carbonyl (C=O) groups is 3. The molecule has 0 aliphatic carbocycles. The van der Waals surface area contributed by atoms with Gasteiger partial charge in [0.2, 0.25) is 0 Å². The minimum absolute atomic E-state index is 0.117. The summed E-state index contributed by atoms with van der Waals surface area (Å²) in [5.41, 5.74) is 2.16. The molecule has 1 aromatic carbocycles. The molecule has 0 spiro atoms. The highest BCUT2D eigenvalue weighted by Crippen LogP contribution is 2.20. The van der Waals surface area contributed by atoms with Gasteiger partial charge >= 0.3 is 5.97 Å². The number of ketones is 1. The molecule has 1 amide bonds. The SMILES string of the molecule is CCOCCCN(CC(=O)c1c(C)[nH]c(C(=O)OC)c1C)C(=O)c1ccc(Cl)cc1. The molecular weight excluding hydrogens is 408 g/mol. The maximum Gasteiger partial charge on any atom is 0.354 e. The molecular formula is C22H27ClN2O5. The van der Waals surface area contributed by atoms with Crippen LogP contribution in [0.25, 0.3) is 0 Å². The second kappa shape index (κ2) is 10.9. The van der Waals surface area contributed by atoms with Gasteiger partial charge in [-0.1, -0.05) is 11.6 Å². The number of Topliss-reactive ketones (excluding diaryl/α,β-unsaturated/α-hetero) is 1. The molecule has 7 nitrogen and oxygen atoms in total. The number of carbonyl (C=O) groups excluding carboxylic acids is 3. The van der Waals surface area contributed by atoms with Gasteiger partial charge in [-0.3, -0.25) is 9.59 Å². The molecule has 2 aromatic rings.